The predicted octanol–water partition coefficient (Wildman–Crippen LogP) is 1.99. The van der Waals surface area contributed by atoms with Gasteiger partial charge >= 0.3 is 0 Å². The summed E-state index contributed by atoms with van der Waals surface area (Å²) in [6, 6.07) is 7.60. The molecule has 1 aromatic carbocycles. The highest BCUT2D eigenvalue weighted by molar-refractivity contribution is 5.44. The van der Waals surface area contributed by atoms with Crippen LogP contribution in [0, 0.1) is 11.3 Å². The topological polar surface area (TPSA) is 54.7 Å². The Hall–Kier alpha value is -1.77. The number of morpholine rings is 1. The van der Waals surface area contributed by atoms with Crippen LogP contribution in [0.15, 0.2) is 18.2 Å². The summed E-state index contributed by atoms with van der Waals surface area (Å²) < 4.78 is 16.1. The average molecular weight is 276 g/mol. The summed E-state index contributed by atoms with van der Waals surface area (Å²) in [6.45, 7) is 4.16. The Morgan fingerprint density at radius 3 is 2.80 bits per heavy atom. The van der Waals surface area contributed by atoms with Crippen molar-refractivity contribution >= 4 is 0 Å². The maximum Gasteiger partial charge on any atom is 0.128 e. The molecule has 0 radical (unpaired) electrons. The first-order valence-electron chi connectivity index (χ1n) is 6.66. The van der Waals surface area contributed by atoms with E-state index in [2.05, 4.69) is 11.0 Å². The summed E-state index contributed by atoms with van der Waals surface area (Å²) in [4.78, 5) is 2.12. The molecule has 108 valence electrons. The van der Waals surface area contributed by atoms with Gasteiger partial charge in [-0.3, -0.25) is 4.90 Å². The van der Waals surface area contributed by atoms with E-state index in [0.29, 0.717) is 12.4 Å². The van der Waals surface area contributed by atoms with Gasteiger partial charge in [-0.15, -0.1) is 0 Å². The van der Waals surface area contributed by atoms with E-state index in [1.54, 1.807) is 14.2 Å². The summed E-state index contributed by atoms with van der Waals surface area (Å²) in [5.74, 6) is 1.40. The number of hydrogen-bond donors (Lipinski definition) is 0. The van der Waals surface area contributed by atoms with Crippen molar-refractivity contribution in [2.45, 2.75) is 19.1 Å². The van der Waals surface area contributed by atoms with Crippen molar-refractivity contribution in [2.75, 3.05) is 33.9 Å². The van der Waals surface area contributed by atoms with E-state index in [1.165, 1.54) is 0 Å². The van der Waals surface area contributed by atoms with E-state index >= 15 is 0 Å². The molecular formula is C15H20N2O3. The van der Waals surface area contributed by atoms with Gasteiger partial charge in [0.05, 0.1) is 33.0 Å². The van der Waals surface area contributed by atoms with Gasteiger partial charge in [-0.2, -0.15) is 5.26 Å². The molecule has 5 nitrogen and oxygen atoms in total. The Morgan fingerprint density at radius 2 is 2.20 bits per heavy atom. The van der Waals surface area contributed by atoms with Gasteiger partial charge in [0.25, 0.3) is 0 Å². The van der Waals surface area contributed by atoms with Crippen LogP contribution in [0.3, 0.4) is 0 Å². The van der Waals surface area contributed by atoms with Crippen molar-refractivity contribution in [3.8, 4) is 17.6 Å². The number of rotatable bonds is 4. The fraction of sp³-hybridized carbons (Fsp3) is 0.533. The maximum absolute atomic E-state index is 9.55. The lowest BCUT2D eigenvalue weighted by Crippen LogP contribution is -2.42. The number of ether oxygens (including phenoxy) is 3. The third-order valence-electron chi connectivity index (χ3n) is 3.50. The minimum atomic E-state index is -0.331. The molecule has 5 heteroatoms. The molecule has 0 saturated carbocycles. The Kier molecular flexibility index (Phi) is 4.83. The van der Waals surface area contributed by atoms with Crippen LogP contribution in [0.5, 0.6) is 11.5 Å². The van der Waals surface area contributed by atoms with Crippen molar-refractivity contribution in [1.29, 1.82) is 5.26 Å². The fourth-order valence-corrected chi connectivity index (χ4v) is 2.47. The van der Waals surface area contributed by atoms with Crippen LogP contribution in [0.2, 0.25) is 0 Å². The lowest BCUT2D eigenvalue weighted by Gasteiger charge is -2.34. The molecule has 1 heterocycles. The first kappa shape index (κ1) is 14.6. The second kappa shape index (κ2) is 6.60. The van der Waals surface area contributed by atoms with Crippen molar-refractivity contribution < 1.29 is 14.2 Å². The van der Waals surface area contributed by atoms with Crippen LogP contribution in [0.25, 0.3) is 0 Å². The smallest absolute Gasteiger partial charge is 0.128 e. The zero-order valence-corrected chi connectivity index (χ0v) is 12.1. The monoisotopic (exact) mass is 276 g/mol. The van der Waals surface area contributed by atoms with Crippen LogP contribution in [-0.4, -0.2) is 44.9 Å². The molecule has 2 rings (SSSR count). The summed E-state index contributed by atoms with van der Waals surface area (Å²) in [5.41, 5.74) is 0.866. The van der Waals surface area contributed by atoms with E-state index in [1.807, 2.05) is 25.1 Å². The molecule has 1 saturated heterocycles. The van der Waals surface area contributed by atoms with Gasteiger partial charge in [-0.1, -0.05) is 0 Å². The van der Waals surface area contributed by atoms with Crippen LogP contribution >= 0.6 is 0 Å². The third kappa shape index (κ3) is 3.03. The fourth-order valence-electron chi connectivity index (χ4n) is 2.47. The van der Waals surface area contributed by atoms with E-state index < -0.39 is 0 Å². The molecule has 0 N–H and O–H groups in total. The largest absolute Gasteiger partial charge is 0.497 e. The standard InChI is InChI=1S/C15H20N2O3/c1-11-10-17(6-7-20-11)14(9-16)13-5-4-12(18-2)8-15(13)19-3/h4-5,8,11,14H,6-7,10H2,1-3H3/t11-,14+/m1/s1. The number of nitriles is 1. The summed E-state index contributed by atoms with van der Waals surface area (Å²) in [6.07, 6.45) is 0.142. The molecule has 20 heavy (non-hydrogen) atoms. The normalized spacial score (nSPS) is 21.0. The Labute approximate surface area is 119 Å². The number of hydrogen-bond acceptors (Lipinski definition) is 5. The number of methoxy groups -OCH3 is 2. The van der Waals surface area contributed by atoms with Crippen molar-refractivity contribution in [3.05, 3.63) is 23.8 Å². The molecule has 0 spiro atoms. The number of benzene rings is 1. The van der Waals surface area contributed by atoms with Gasteiger partial charge in [0.1, 0.15) is 17.5 Å². The summed E-state index contributed by atoms with van der Waals surface area (Å²) >= 11 is 0. The van der Waals surface area contributed by atoms with E-state index in [9.17, 15) is 5.26 Å². The first-order chi connectivity index (χ1) is 9.69. The highest BCUT2D eigenvalue weighted by Crippen LogP contribution is 2.33. The van der Waals surface area contributed by atoms with Crippen molar-refractivity contribution in [1.82, 2.24) is 4.90 Å². The zero-order chi connectivity index (χ0) is 14.5. The van der Waals surface area contributed by atoms with Crippen LogP contribution in [0.4, 0.5) is 0 Å². The highest BCUT2D eigenvalue weighted by atomic mass is 16.5. The molecule has 0 unspecified atom stereocenters. The predicted molar refractivity (Wildman–Crippen MR) is 74.9 cm³/mol. The van der Waals surface area contributed by atoms with Crippen LogP contribution in [-0.2, 0) is 4.74 Å². The van der Waals surface area contributed by atoms with Gasteiger partial charge in [-0.05, 0) is 19.1 Å². The molecule has 0 aromatic heterocycles. The minimum absolute atomic E-state index is 0.142. The lowest BCUT2D eigenvalue weighted by atomic mass is 10.0. The Morgan fingerprint density at radius 1 is 1.40 bits per heavy atom. The molecule has 0 bridgehead atoms. The lowest BCUT2D eigenvalue weighted by molar-refractivity contribution is -0.0271. The maximum atomic E-state index is 9.55. The third-order valence-corrected chi connectivity index (χ3v) is 3.50. The SMILES string of the molecule is COc1ccc([C@H](C#N)N2CCO[C@H](C)C2)c(OC)c1. The molecule has 2 atom stereocenters. The van der Waals surface area contributed by atoms with Gasteiger partial charge in [0, 0.05) is 24.7 Å². The van der Waals surface area contributed by atoms with Gasteiger partial charge in [-0.25, -0.2) is 0 Å². The summed E-state index contributed by atoms with van der Waals surface area (Å²) in [7, 11) is 3.22. The van der Waals surface area contributed by atoms with E-state index in [0.717, 1.165) is 24.4 Å². The van der Waals surface area contributed by atoms with Crippen molar-refractivity contribution in [2.24, 2.45) is 0 Å². The molecular weight excluding hydrogens is 256 g/mol. The highest BCUT2D eigenvalue weighted by Gasteiger charge is 2.27. The summed E-state index contributed by atoms with van der Waals surface area (Å²) in [5, 5.41) is 9.55. The van der Waals surface area contributed by atoms with Crippen LogP contribution in [0.1, 0.15) is 18.5 Å². The van der Waals surface area contributed by atoms with E-state index in [4.69, 9.17) is 14.2 Å². The second-order valence-electron chi connectivity index (χ2n) is 4.82. The minimum Gasteiger partial charge on any atom is -0.497 e. The zero-order valence-electron chi connectivity index (χ0n) is 12.1. The van der Waals surface area contributed by atoms with Gasteiger partial charge in [0.2, 0.25) is 0 Å². The Bertz CT molecular complexity index is 498. The quantitative estimate of drug-likeness (QED) is 0.841. The molecule has 0 aliphatic carbocycles. The second-order valence-corrected chi connectivity index (χ2v) is 4.82. The molecule has 1 aliphatic heterocycles. The van der Waals surface area contributed by atoms with Gasteiger partial charge < -0.3 is 14.2 Å². The first-order valence-corrected chi connectivity index (χ1v) is 6.66. The molecule has 1 aromatic rings. The number of nitrogens with zero attached hydrogens (tertiary/aromatic N) is 2. The van der Waals surface area contributed by atoms with Crippen LogP contribution < -0.4 is 9.47 Å². The molecule has 0 amide bonds. The Balaban J connectivity index is 2.29. The molecule has 1 fully saturated rings. The van der Waals surface area contributed by atoms with Crippen molar-refractivity contribution in [3.63, 3.8) is 0 Å². The van der Waals surface area contributed by atoms with E-state index in [-0.39, 0.29) is 12.1 Å². The van der Waals surface area contributed by atoms with Gasteiger partial charge in [0.15, 0.2) is 0 Å². The average Bonchev–Trinajstić information content (AvgIpc) is 2.48. The molecule has 1 aliphatic rings.